The van der Waals surface area contributed by atoms with Crippen LogP contribution in [-0.2, 0) is 11.3 Å². The van der Waals surface area contributed by atoms with Crippen LogP contribution in [0.5, 0.6) is 11.5 Å². The highest BCUT2D eigenvalue weighted by Crippen LogP contribution is 2.22. The van der Waals surface area contributed by atoms with Crippen LogP contribution in [0.15, 0.2) is 54.6 Å². The Bertz CT molecular complexity index is 840. The van der Waals surface area contributed by atoms with E-state index in [1.807, 2.05) is 64.4 Å². The molecule has 158 valence electrons. The monoisotopic (exact) mass is 407 g/mol. The third-order valence-corrected chi connectivity index (χ3v) is 5.88. The number of rotatable bonds is 5. The van der Waals surface area contributed by atoms with Crippen LogP contribution in [0.25, 0.3) is 0 Å². The highest BCUT2D eigenvalue weighted by atomic mass is 16.5. The van der Waals surface area contributed by atoms with Crippen LogP contribution in [0.3, 0.4) is 0 Å². The minimum atomic E-state index is -0.0201. The molecule has 0 aliphatic carbocycles. The fourth-order valence-corrected chi connectivity index (χ4v) is 4.07. The lowest BCUT2D eigenvalue weighted by Gasteiger charge is -2.34. The first kappa shape index (κ1) is 20.3. The van der Waals surface area contributed by atoms with Gasteiger partial charge in [-0.05, 0) is 55.5 Å². The molecule has 2 aliphatic rings. The van der Waals surface area contributed by atoms with Crippen molar-refractivity contribution in [3.8, 4) is 11.5 Å². The van der Waals surface area contributed by atoms with Gasteiger partial charge >= 0.3 is 6.03 Å². The summed E-state index contributed by atoms with van der Waals surface area (Å²) in [5, 5.41) is 3.04. The van der Waals surface area contributed by atoms with Crippen molar-refractivity contribution >= 4 is 11.9 Å². The van der Waals surface area contributed by atoms with Crippen molar-refractivity contribution in [2.75, 3.05) is 26.2 Å². The molecule has 0 aromatic heterocycles. The molecule has 1 N–H and O–H groups in total. The third kappa shape index (κ3) is 5.12. The minimum Gasteiger partial charge on any atom is -0.457 e. The molecule has 3 amide bonds. The fraction of sp³-hybridized carbons (Fsp3) is 0.417. The summed E-state index contributed by atoms with van der Waals surface area (Å²) >= 11 is 0. The van der Waals surface area contributed by atoms with Crippen molar-refractivity contribution < 1.29 is 14.3 Å². The van der Waals surface area contributed by atoms with E-state index in [-0.39, 0.29) is 17.9 Å². The predicted octanol–water partition coefficient (Wildman–Crippen LogP) is 4.02. The first-order valence-corrected chi connectivity index (χ1v) is 10.8. The summed E-state index contributed by atoms with van der Waals surface area (Å²) in [5.41, 5.74) is 1.03. The molecule has 0 atom stereocenters. The number of ether oxygens (including phenoxy) is 1. The summed E-state index contributed by atoms with van der Waals surface area (Å²) in [5.74, 6) is 1.63. The molecule has 6 nitrogen and oxygen atoms in total. The number of carbonyl (C=O) groups excluding carboxylic acids is 2. The van der Waals surface area contributed by atoms with Gasteiger partial charge in [0.15, 0.2) is 0 Å². The molecule has 4 rings (SSSR count). The van der Waals surface area contributed by atoms with Gasteiger partial charge in [0.25, 0.3) is 0 Å². The van der Waals surface area contributed by atoms with Crippen LogP contribution in [0, 0.1) is 5.92 Å². The quantitative estimate of drug-likeness (QED) is 0.814. The van der Waals surface area contributed by atoms with E-state index < -0.39 is 0 Å². The zero-order valence-electron chi connectivity index (χ0n) is 17.3. The Balaban J connectivity index is 1.21. The summed E-state index contributed by atoms with van der Waals surface area (Å²) in [6, 6.07) is 17.6. The molecule has 2 saturated heterocycles. The van der Waals surface area contributed by atoms with Crippen molar-refractivity contribution in [3.05, 3.63) is 60.2 Å². The molecule has 0 radical (unpaired) electrons. The van der Waals surface area contributed by atoms with Gasteiger partial charge in [0.1, 0.15) is 11.5 Å². The van der Waals surface area contributed by atoms with Gasteiger partial charge in [-0.3, -0.25) is 4.79 Å². The third-order valence-electron chi connectivity index (χ3n) is 5.88. The topological polar surface area (TPSA) is 61.9 Å². The van der Waals surface area contributed by atoms with Crippen LogP contribution in [-0.4, -0.2) is 47.9 Å². The number of urea groups is 1. The number of carbonyl (C=O) groups is 2. The molecule has 6 heteroatoms. The molecule has 0 spiro atoms. The molecule has 2 aromatic carbocycles. The zero-order valence-corrected chi connectivity index (χ0v) is 17.3. The van der Waals surface area contributed by atoms with Crippen LogP contribution in [0.1, 0.15) is 31.2 Å². The van der Waals surface area contributed by atoms with E-state index in [1.165, 1.54) is 0 Å². The molecule has 0 saturated carbocycles. The standard InChI is InChI=1S/C24H29N3O3/c28-23(20-12-16-27(17-13-20)24(29)26-14-4-5-15-26)25-18-19-8-10-22(11-9-19)30-21-6-2-1-3-7-21/h1-3,6-11,20H,4-5,12-18H2,(H,25,28). The van der Waals surface area contributed by atoms with Crippen molar-refractivity contribution in [1.82, 2.24) is 15.1 Å². The predicted molar refractivity (Wildman–Crippen MR) is 115 cm³/mol. The van der Waals surface area contributed by atoms with Crippen LogP contribution < -0.4 is 10.1 Å². The van der Waals surface area contributed by atoms with E-state index >= 15 is 0 Å². The van der Waals surface area contributed by atoms with Crippen LogP contribution >= 0.6 is 0 Å². The van der Waals surface area contributed by atoms with Gasteiger partial charge in [0.05, 0.1) is 0 Å². The maximum absolute atomic E-state index is 12.6. The summed E-state index contributed by atoms with van der Waals surface area (Å²) in [6.07, 6.45) is 3.67. The van der Waals surface area contributed by atoms with Gasteiger partial charge < -0.3 is 19.9 Å². The van der Waals surface area contributed by atoms with Gasteiger partial charge in [0, 0.05) is 38.6 Å². The summed E-state index contributed by atoms with van der Waals surface area (Å²) in [7, 11) is 0. The molecule has 2 heterocycles. The fourth-order valence-electron chi connectivity index (χ4n) is 4.07. The normalized spacial score (nSPS) is 17.1. The SMILES string of the molecule is O=C(NCc1ccc(Oc2ccccc2)cc1)C1CCN(C(=O)N2CCCC2)CC1. The Kier molecular flexibility index (Phi) is 6.52. The van der Waals surface area contributed by atoms with Gasteiger partial charge in [-0.15, -0.1) is 0 Å². The smallest absolute Gasteiger partial charge is 0.319 e. The van der Waals surface area contributed by atoms with E-state index in [0.29, 0.717) is 19.6 Å². The summed E-state index contributed by atoms with van der Waals surface area (Å²) < 4.78 is 5.80. The Morgan fingerprint density at radius 3 is 2.10 bits per heavy atom. The number of hydrogen-bond donors (Lipinski definition) is 1. The van der Waals surface area contributed by atoms with Crippen LogP contribution in [0.4, 0.5) is 4.79 Å². The Morgan fingerprint density at radius 2 is 1.43 bits per heavy atom. The molecular formula is C24H29N3O3. The lowest BCUT2D eigenvalue weighted by atomic mass is 9.96. The van der Waals surface area contributed by atoms with Gasteiger partial charge in [-0.1, -0.05) is 30.3 Å². The van der Waals surface area contributed by atoms with Crippen molar-refractivity contribution in [3.63, 3.8) is 0 Å². The summed E-state index contributed by atoms with van der Waals surface area (Å²) in [6.45, 7) is 3.57. The molecule has 0 unspecified atom stereocenters. The van der Waals surface area contributed by atoms with Gasteiger partial charge in [-0.25, -0.2) is 4.79 Å². The van der Waals surface area contributed by atoms with E-state index in [2.05, 4.69) is 5.32 Å². The largest absolute Gasteiger partial charge is 0.457 e. The Hall–Kier alpha value is -3.02. The van der Waals surface area contributed by atoms with Crippen molar-refractivity contribution in [2.24, 2.45) is 5.92 Å². The minimum absolute atomic E-state index is 0.0201. The number of likely N-dealkylation sites (tertiary alicyclic amines) is 2. The number of hydrogen-bond acceptors (Lipinski definition) is 3. The number of para-hydroxylation sites is 1. The number of piperidine rings is 1. The Morgan fingerprint density at radius 1 is 0.833 bits per heavy atom. The number of nitrogens with one attached hydrogen (secondary N) is 1. The first-order chi connectivity index (χ1) is 14.7. The van der Waals surface area contributed by atoms with Gasteiger partial charge in [0.2, 0.25) is 5.91 Å². The highest BCUT2D eigenvalue weighted by molar-refractivity contribution is 5.79. The Labute approximate surface area is 177 Å². The van der Waals surface area contributed by atoms with Crippen LogP contribution in [0.2, 0.25) is 0 Å². The average Bonchev–Trinajstić information content (AvgIpc) is 3.34. The first-order valence-electron chi connectivity index (χ1n) is 10.8. The van der Waals surface area contributed by atoms with E-state index in [9.17, 15) is 9.59 Å². The second-order valence-electron chi connectivity index (χ2n) is 8.01. The zero-order chi connectivity index (χ0) is 20.8. The molecule has 2 fully saturated rings. The second-order valence-corrected chi connectivity index (χ2v) is 8.01. The summed E-state index contributed by atoms with van der Waals surface area (Å²) in [4.78, 5) is 28.9. The maximum atomic E-state index is 12.6. The molecule has 2 aromatic rings. The number of amides is 3. The molecule has 30 heavy (non-hydrogen) atoms. The van der Waals surface area contributed by atoms with Crippen molar-refractivity contribution in [1.29, 1.82) is 0 Å². The maximum Gasteiger partial charge on any atom is 0.319 e. The second kappa shape index (κ2) is 9.65. The highest BCUT2D eigenvalue weighted by Gasteiger charge is 2.30. The van der Waals surface area contributed by atoms with E-state index in [1.54, 1.807) is 0 Å². The lowest BCUT2D eigenvalue weighted by Crippen LogP contribution is -2.47. The van der Waals surface area contributed by atoms with E-state index in [4.69, 9.17) is 4.74 Å². The molecule has 2 aliphatic heterocycles. The lowest BCUT2D eigenvalue weighted by molar-refractivity contribution is -0.126. The van der Waals surface area contributed by atoms with Gasteiger partial charge in [-0.2, -0.15) is 0 Å². The molecular weight excluding hydrogens is 378 g/mol. The van der Waals surface area contributed by atoms with E-state index in [0.717, 1.165) is 55.8 Å². The number of nitrogens with zero attached hydrogens (tertiary/aromatic N) is 2. The number of benzene rings is 2. The molecule has 0 bridgehead atoms. The average molecular weight is 408 g/mol. The van der Waals surface area contributed by atoms with Crippen molar-refractivity contribution in [2.45, 2.75) is 32.2 Å².